The zero-order valence-electron chi connectivity index (χ0n) is 18.8. The van der Waals surface area contributed by atoms with Crippen molar-refractivity contribution in [1.29, 1.82) is 0 Å². The van der Waals surface area contributed by atoms with Gasteiger partial charge in [0.2, 0.25) is 0 Å². The van der Waals surface area contributed by atoms with Crippen LogP contribution in [0.1, 0.15) is 67.2 Å². The molecular weight excluding hydrogens is 392 g/mol. The van der Waals surface area contributed by atoms with E-state index in [9.17, 15) is 9.59 Å². The highest BCUT2D eigenvalue weighted by atomic mass is 16.5. The Bertz CT molecular complexity index is 838. The molecule has 0 radical (unpaired) electrons. The smallest absolute Gasteiger partial charge is 0.251 e. The number of unbranched alkanes of at least 4 members (excludes halogenated alkanes) is 2. The van der Waals surface area contributed by atoms with Crippen LogP contribution in [0.3, 0.4) is 0 Å². The molecular formula is C25H34N2O4. The molecule has 168 valence electrons. The average molecular weight is 427 g/mol. The highest BCUT2D eigenvalue weighted by Crippen LogP contribution is 2.15. The van der Waals surface area contributed by atoms with Crippen molar-refractivity contribution < 1.29 is 19.1 Å². The zero-order chi connectivity index (χ0) is 22.5. The first kappa shape index (κ1) is 24.3. The van der Waals surface area contributed by atoms with Crippen molar-refractivity contribution in [3.63, 3.8) is 0 Å². The monoisotopic (exact) mass is 426 g/mol. The minimum absolute atomic E-state index is 0.200. The van der Waals surface area contributed by atoms with Crippen LogP contribution in [0.2, 0.25) is 0 Å². The van der Waals surface area contributed by atoms with E-state index in [-0.39, 0.29) is 17.9 Å². The maximum Gasteiger partial charge on any atom is 0.251 e. The lowest BCUT2D eigenvalue weighted by molar-refractivity contribution is 0.0912. The van der Waals surface area contributed by atoms with Crippen LogP contribution in [-0.2, 0) is 0 Å². The molecule has 2 aromatic carbocycles. The van der Waals surface area contributed by atoms with Crippen molar-refractivity contribution in [3.8, 4) is 11.5 Å². The molecule has 0 spiro atoms. The molecule has 6 nitrogen and oxygen atoms in total. The summed E-state index contributed by atoms with van der Waals surface area (Å²) in [5.41, 5.74) is 1.06. The van der Waals surface area contributed by atoms with Crippen molar-refractivity contribution in [2.75, 3.05) is 19.8 Å². The molecule has 0 saturated carbocycles. The van der Waals surface area contributed by atoms with Crippen LogP contribution in [0.5, 0.6) is 11.5 Å². The van der Waals surface area contributed by atoms with Gasteiger partial charge in [-0.1, -0.05) is 38.8 Å². The number of rotatable bonds is 13. The van der Waals surface area contributed by atoms with Gasteiger partial charge in [-0.2, -0.15) is 0 Å². The number of nitrogens with one attached hydrogen (secondary N) is 2. The van der Waals surface area contributed by atoms with Crippen LogP contribution >= 0.6 is 0 Å². The summed E-state index contributed by atoms with van der Waals surface area (Å²) in [6.07, 6.45) is 4.06. The summed E-state index contributed by atoms with van der Waals surface area (Å²) in [5.74, 6) is 0.967. The number of carbonyl (C=O) groups is 2. The van der Waals surface area contributed by atoms with E-state index in [1.54, 1.807) is 36.4 Å². The molecule has 31 heavy (non-hydrogen) atoms. The Morgan fingerprint density at radius 3 is 1.87 bits per heavy atom. The van der Waals surface area contributed by atoms with Gasteiger partial charge in [0.1, 0.15) is 11.5 Å². The summed E-state index contributed by atoms with van der Waals surface area (Å²) < 4.78 is 11.3. The lowest BCUT2D eigenvalue weighted by Crippen LogP contribution is -2.41. The normalized spacial score (nSPS) is 11.5. The lowest BCUT2D eigenvalue weighted by atomic mass is 10.1. The van der Waals surface area contributed by atoms with E-state index in [1.807, 2.05) is 19.1 Å². The molecule has 2 amide bonds. The van der Waals surface area contributed by atoms with Gasteiger partial charge >= 0.3 is 0 Å². The molecule has 0 bridgehead atoms. The van der Waals surface area contributed by atoms with E-state index in [2.05, 4.69) is 24.5 Å². The second-order valence-electron chi connectivity index (χ2n) is 7.54. The van der Waals surface area contributed by atoms with Crippen molar-refractivity contribution in [2.24, 2.45) is 0 Å². The highest BCUT2D eigenvalue weighted by Gasteiger charge is 2.13. The molecule has 2 N–H and O–H groups in total. The van der Waals surface area contributed by atoms with E-state index in [0.29, 0.717) is 42.4 Å². The molecule has 1 atom stereocenters. The molecule has 0 aliphatic heterocycles. The van der Waals surface area contributed by atoms with Crippen molar-refractivity contribution in [1.82, 2.24) is 10.6 Å². The minimum Gasteiger partial charge on any atom is -0.494 e. The van der Waals surface area contributed by atoms with Gasteiger partial charge in [0.15, 0.2) is 0 Å². The second-order valence-corrected chi connectivity index (χ2v) is 7.54. The quantitative estimate of drug-likeness (QED) is 0.459. The highest BCUT2D eigenvalue weighted by molar-refractivity contribution is 5.95. The maximum absolute atomic E-state index is 12.5. The Kier molecular flexibility index (Phi) is 10.4. The fraction of sp³-hybridized carbons (Fsp3) is 0.440. The molecule has 0 fully saturated rings. The number of hydrogen-bond donors (Lipinski definition) is 2. The third-order valence-electron chi connectivity index (χ3n) is 4.67. The molecule has 0 aliphatic carbocycles. The van der Waals surface area contributed by atoms with Gasteiger partial charge < -0.3 is 20.1 Å². The Morgan fingerprint density at radius 1 is 0.839 bits per heavy atom. The SMILES string of the molecule is CCCCOc1cccc(C(=O)NCC(C)NC(=O)c2cccc(OCCCC)c2)c1. The van der Waals surface area contributed by atoms with E-state index in [0.717, 1.165) is 25.7 Å². The Balaban J connectivity index is 1.82. The minimum atomic E-state index is -0.231. The molecule has 0 saturated heterocycles. The van der Waals surface area contributed by atoms with Crippen molar-refractivity contribution in [3.05, 3.63) is 59.7 Å². The van der Waals surface area contributed by atoms with Gasteiger partial charge in [0.05, 0.1) is 13.2 Å². The predicted molar refractivity (Wildman–Crippen MR) is 123 cm³/mol. The number of hydrogen-bond acceptors (Lipinski definition) is 4. The fourth-order valence-corrected chi connectivity index (χ4v) is 2.83. The largest absolute Gasteiger partial charge is 0.494 e. The topological polar surface area (TPSA) is 76.7 Å². The van der Waals surface area contributed by atoms with E-state index in [1.165, 1.54) is 0 Å². The van der Waals surface area contributed by atoms with Crippen molar-refractivity contribution in [2.45, 2.75) is 52.5 Å². The summed E-state index contributed by atoms with van der Waals surface area (Å²) in [4.78, 5) is 25.0. The molecule has 0 heterocycles. The zero-order valence-corrected chi connectivity index (χ0v) is 18.8. The van der Waals surface area contributed by atoms with Crippen LogP contribution in [0, 0.1) is 0 Å². The van der Waals surface area contributed by atoms with E-state index < -0.39 is 0 Å². The van der Waals surface area contributed by atoms with Crippen LogP contribution < -0.4 is 20.1 Å². The van der Waals surface area contributed by atoms with Crippen LogP contribution in [0.25, 0.3) is 0 Å². The Morgan fingerprint density at radius 2 is 1.35 bits per heavy atom. The third kappa shape index (κ3) is 8.70. The first-order valence-corrected chi connectivity index (χ1v) is 11.1. The number of ether oxygens (including phenoxy) is 2. The second kappa shape index (κ2) is 13.3. The first-order valence-electron chi connectivity index (χ1n) is 11.1. The van der Waals surface area contributed by atoms with Crippen molar-refractivity contribution >= 4 is 11.8 Å². The van der Waals surface area contributed by atoms with E-state index >= 15 is 0 Å². The molecule has 0 aromatic heterocycles. The Labute approximate surface area is 185 Å². The molecule has 1 unspecified atom stereocenters. The van der Waals surface area contributed by atoms with Crippen LogP contribution in [-0.4, -0.2) is 37.6 Å². The van der Waals surface area contributed by atoms with Gasteiger partial charge in [-0.25, -0.2) is 0 Å². The number of amides is 2. The third-order valence-corrected chi connectivity index (χ3v) is 4.67. The predicted octanol–water partition coefficient (Wildman–Crippen LogP) is 4.59. The summed E-state index contributed by atoms with van der Waals surface area (Å²) in [6.45, 7) is 7.64. The van der Waals surface area contributed by atoms with Crippen LogP contribution in [0.4, 0.5) is 0 Å². The lowest BCUT2D eigenvalue weighted by Gasteiger charge is -2.16. The van der Waals surface area contributed by atoms with Gasteiger partial charge in [0, 0.05) is 23.7 Å². The fourth-order valence-electron chi connectivity index (χ4n) is 2.83. The van der Waals surface area contributed by atoms with Gasteiger partial charge in [-0.3, -0.25) is 9.59 Å². The Hall–Kier alpha value is -3.02. The van der Waals surface area contributed by atoms with Crippen LogP contribution in [0.15, 0.2) is 48.5 Å². The molecule has 2 rings (SSSR count). The average Bonchev–Trinajstić information content (AvgIpc) is 2.78. The van der Waals surface area contributed by atoms with Gasteiger partial charge in [0.25, 0.3) is 11.8 Å². The first-order chi connectivity index (χ1) is 15.0. The number of benzene rings is 2. The summed E-state index contributed by atoms with van der Waals surface area (Å²) >= 11 is 0. The molecule has 2 aromatic rings. The summed E-state index contributed by atoms with van der Waals surface area (Å²) in [7, 11) is 0. The standard InChI is InChI=1S/C25H34N2O4/c1-4-6-14-30-22-12-8-10-20(16-22)24(28)26-18-19(3)27-25(29)21-11-9-13-23(17-21)31-15-7-5-2/h8-13,16-17,19H,4-7,14-15,18H2,1-3H3,(H,26,28)(H,27,29). The molecule has 6 heteroatoms. The maximum atomic E-state index is 12.5. The number of carbonyl (C=O) groups excluding carboxylic acids is 2. The van der Waals surface area contributed by atoms with Gasteiger partial charge in [-0.15, -0.1) is 0 Å². The van der Waals surface area contributed by atoms with Gasteiger partial charge in [-0.05, 0) is 56.2 Å². The molecule has 0 aliphatic rings. The summed E-state index contributed by atoms with van der Waals surface area (Å²) in [6, 6.07) is 14.0. The summed E-state index contributed by atoms with van der Waals surface area (Å²) in [5, 5.41) is 5.77. The van der Waals surface area contributed by atoms with E-state index in [4.69, 9.17) is 9.47 Å².